The largest absolute Gasteiger partial charge is 0.469 e. The van der Waals surface area contributed by atoms with Crippen molar-refractivity contribution >= 4 is 5.97 Å². The van der Waals surface area contributed by atoms with Crippen LogP contribution < -0.4 is 0 Å². The van der Waals surface area contributed by atoms with Crippen LogP contribution in [0.25, 0.3) is 0 Å². The third-order valence-corrected chi connectivity index (χ3v) is 2.48. The third kappa shape index (κ3) is 2.30. The van der Waals surface area contributed by atoms with E-state index in [0.717, 1.165) is 0 Å². The van der Waals surface area contributed by atoms with E-state index >= 15 is 0 Å². The van der Waals surface area contributed by atoms with Gasteiger partial charge in [0.25, 0.3) is 0 Å². The number of ether oxygens (including phenoxy) is 1. The highest BCUT2D eigenvalue weighted by atomic mass is 16.5. The highest BCUT2D eigenvalue weighted by molar-refractivity contribution is 5.73. The number of nitrogens with zero attached hydrogens (tertiary/aromatic N) is 2. The van der Waals surface area contributed by atoms with Crippen molar-refractivity contribution in [3.8, 4) is 0 Å². The first-order valence-corrected chi connectivity index (χ1v) is 4.57. The fraction of sp³-hybridized carbons (Fsp3) is 0.500. The zero-order chi connectivity index (χ0) is 11.5. The van der Waals surface area contributed by atoms with Crippen LogP contribution in [0.5, 0.6) is 0 Å². The lowest BCUT2D eigenvalue weighted by Gasteiger charge is -2.27. The van der Waals surface area contributed by atoms with Crippen molar-refractivity contribution in [3.05, 3.63) is 24.3 Å². The minimum atomic E-state index is -1.37. The fourth-order valence-corrected chi connectivity index (χ4v) is 1.19. The Morgan fingerprint density at radius 2 is 2.27 bits per heavy atom. The van der Waals surface area contributed by atoms with Crippen LogP contribution in [0.4, 0.5) is 0 Å². The molecule has 0 aliphatic rings. The van der Waals surface area contributed by atoms with E-state index in [2.05, 4.69) is 14.7 Å². The second-order valence-electron chi connectivity index (χ2n) is 3.48. The molecule has 5 nitrogen and oxygen atoms in total. The first kappa shape index (κ1) is 11.6. The number of hydrogen-bond acceptors (Lipinski definition) is 5. The van der Waals surface area contributed by atoms with Gasteiger partial charge in [0.15, 0.2) is 0 Å². The van der Waals surface area contributed by atoms with Gasteiger partial charge >= 0.3 is 5.97 Å². The van der Waals surface area contributed by atoms with Crippen molar-refractivity contribution in [3.63, 3.8) is 0 Å². The van der Waals surface area contributed by atoms with E-state index in [1.54, 1.807) is 6.92 Å². The number of carbonyl (C=O) groups excluding carboxylic acids is 1. The van der Waals surface area contributed by atoms with Crippen LogP contribution in [0.2, 0.25) is 0 Å². The average Bonchev–Trinajstić information content (AvgIpc) is 2.28. The summed E-state index contributed by atoms with van der Waals surface area (Å²) in [6.07, 6.45) is 4.40. The van der Waals surface area contributed by atoms with Crippen LogP contribution in [-0.4, -0.2) is 28.2 Å². The van der Waals surface area contributed by atoms with E-state index in [-0.39, 0.29) is 0 Å². The lowest BCUT2D eigenvalue weighted by atomic mass is 9.88. The SMILES string of the molecule is COC(=O)C(C)C(C)(O)c1cnccn1. The maximum atomic E-state index is 11.3. The average molecular weight is 210 g/mol. The Kier molecular flexibility index (Phi) is 3.36. The van der Waals surface area contributed by atoms with Gasteiger partial charge in [0, 0.05) is 12.4 Å². The van der Waals surface area contributed by atoms with Crippen molar-refractivity contribution in [2.45, 2.75) is 19.4 Å². The van der Waals surface area contributed by atoms with E-state index in [4.69, 9.17) is 0 Å². The summed E-state index contributed by atoms with van der Waals surface area (Å²) in [5.74, 6) is -1.18. The molecule has 0 saturated heterocycles. The first-order valence-electron chi connectivity index (χ1n) is 4.57. The number of methoxy groups -OCH3 is 1. The number of aliphatic hydroxyl groups is 1. The highest BCUT2D eigenvalue weighted by Crippen LogP contribution is 2.27. The molecule has 0 aliphatic heterocycles. The van der Waals surface area contributed by atoms with Gasteiger partial charge in [-0.2, -0.15) is 0 Å². The van der Waals surface area contributed by atoms with Gasteiger partial charge in [0.2, 0.25) is 0 Å². The molecular formula is C10H14N2O3. The van der Waals surface area contributed by atoms with Gasteiger partial charge in [-0.1, -0.05) is 0 Å². The number of carbonyl (C=O) groups is 1. The zero-order valence-electron chi connectivity index (χ0n) is 8.97. The predicted molar refractivity (Wildman–Crippen MR) is 52.8 cm³/mol. The summed E-state index contributed by atoms with van der Waals surface area (Å²) in [4.78, 5) is 19.1. The molecule has 5 heteroatoms. The highest BCUT2D eigenvalue weighted by Gasteiger charge is 2.37. The van der Waals surface area contributed by atoms with Gasteiger partial charge < -0.3 is 9.84 Å². The molecule has 0 aliphatic carbocycles. The molecule has 0 aromatic carbocycles. The summed E-state index contributed by atoms with van der Waals surface area (Å²) < 4.78 is 4.57. The van der Waals surface area contributed by atoms with Crippen LogP contribution in [0, 0.1) is 5.92 Å². The fourth-order valence-electron chi connectivity index (χ4n) is 1.19. The number of aromatic nitrogens is 2. The van der Waals surface area contributed by atoms with E-state index < -0.39 is 17.5 Å². The summed E-state index contributed by atoms with van der Waals surface area (Å²) in [5.41, 5.74) is -1.02. The normalized spacial score (nSPS) is 16.5. The molecule has 0 spiro atoms. The van der Waals surface area contributed by atoms with Crippen molar-refractivity contribution in [2.24, 2.45) is 5.92 Å². The van der Waals surface area contributed by atoms with Gasteiger partial charge in [-0.25, -0.2) is 0 Å². The van der Waals surface area contributed by atoms with Crippen molar-refractivity contribution in [2.75, 3.05) is 7.11 Å². The Morgan fingerprint density at radius 3 is 2.73 bits per heavy atom. The smallest absolute Gasteiger partial charge is 0.311 e. The lowest BCUT2D eigenvalue weighted by molar-refractivity contribution is -0.154. The number of rotatable bonds is 3. The molecule has 1 aromatic rings. The molecule has 1 rings (SSSR count). The van der Waals surface area contributed by atoms with E-state index in [0.29, 0.717) is 5.69 Å². The van der Waals surface area contributed by atoms with Crippen molar-refractivity contribution in [1.82, 2.24) is 9.97 Å². The Labute approximate surface area is 88.1 Å². The second kappa shape index (κ2) is 4.35. The topological polar surface area (TPSA) is 72.3 Å². The van der Waals surface area contributed by atoms with Crippen LogP contribution >= 0.6 is 0 Å². The second-order valence-corrected chi connectivity index (χ2v) is 3.48. The standard InChI is InChI=1S/C10H14N2O3/c1-7(9(13)15-3)10(2,14)8-6-11-4-5-12-8/h4-7,14H,1-3H3. The molecule has 1 aromatic heterocycles. The van der Waals surface area contributed by atoms with E-state index in [9.17, 15) is 9.90 Å². The first-order chi connectivity index (χ1) is 7.00. The number of hydrogen-bond donors (Lipinski definition) is 1. The molecule has 0 bridgehead atoms. The summed E-state index contributed by atoms with van der Waals surface area (Å²) >= 11 is 0. The predicted octanol–water partition coefficient (Wildman–Crippen LogP) is 0.493. The Hall–Kier alpha value is -1.49. The van der Waals surface area contributed by atoms with Crippen LogP contribution in [-0.2, 0) is 15.1 Å². The minimum absolute atomic E-state index is 0.350. The monoisotopic (exact) mass is 210 g/mol. The van der Waals surface area contributed by atoms with Gasteiger partial charge in [-0.3, -0.25) is 14.8 Å². The molecule has 1 heterocycles. The Morgan fingerprint density at radius 1 is 1.60 bits per heavy atom. The molecule has 1 N–H and O–H groups in total. The van der Waals surface area contributed by atoms with E-state index in [1.165, 1.54) is 32.6 Å². The lowest BCUT2D eigenvalue weighted by Crippen LogP contribution is -2.36. The Bertz CT molecular complexity index is 338. The molecule has 2 atom stereocenters. The molecule has 0 fully saturated rings. The van der Waals surface area contributed by atoms with E-state index in [1.807, 2.05) is 0 Å². The molecule has 82 valence electrons. The molecular weight excluding hydrogens is 196 g/mol. The summed E-state index contributed by atoms with van der Waals surface area (Å²) in [6.45, 7) is 3.10. The summed E-state index contributed by atoms with van der Waals surface area (Å²) in [5, 5.41) is 10.2. The quantitative estimate of drug-likeness (QED) is 0.735. The van der Waals surface area contributed by atoms with Crippen molar-refractivity contribution < 1.29 is 14.6 Å². The number of esters is 1. The van der Waals surface area contributed by atoms with Crippen LogP contribution in [0.1, 0.15) is 19.5 Å². The van der Waals surface area contributed by atoms with Crippen LogP contribution in [0.15, 0.2) is 18.6 Å². The molecule has 0 saturated carbocycles. The molecule has 15 heavy (non-hydrogen) atoms. The molecule has 2 unspecified atom stereocenters. The van der Waals surface area contributed by atoms with Gasteiger partial charge in [-0.15, -0.1) is 0 Å². The summed E-state index contributed by atoms with van der Waals surface area (Å²) in [6, 6.07) is 0. The molecule has 0 amide bonds. The third-order valence-electron chi connectivity index (χ3n) is 2.48. The van der Waals surface area contributed by atoms with Gasteiger partial charge in [-0.05, 0) is 13.8 Å². The molecule has 0 radical (unpaired) electrons. The van der Waals surface area contributed by atoms with Crippen molar-refractivity contribution in [1.29, 1.82) is 0 Å². The summed E-state index contributed by atoms with van der Waals surface area (Å²) in [7, 11) is 1.28. The maximum Gasteiger partial charge on any atom is 0.311 e. The van der Waals surface area contributed by atoms with Gasteiger partial charge in [0.05, 0.1) is 24.9 Å². The van der Waals surface area contributed by atoms with Gasteiger partial charge in [0.1, 0.15) is 5.60 Å². The minimum Gasteiger partial charge on any atom is -0.469 e. The van der Waals surface area contributed by atoms with Crippen LogP contribution in [0.3, 0.4) is 0 Å². The zero-order valence-corrected chi connectivity index (χ0v) is 8.97. The maximum absolute atomic E-state index is 11.3. The Balaban J connectivity index is 2.97.